The molecule has 96 valence electrons. The number of aliphatic imine (C=N–C) groups is 1. The molecule has 0 aliphatic rings. The molecule has 0 unspecified atom stereocenters. The van der Waals surface area contributed by atoms with Crippen molar-refractivity contribution in [3.8, 4) is 0 Å². The van der Waals surface area contributed by atoms with Crippen molar-refractivity contribution in [2.24, 2.45) is 4.99 Å². The predicted molar refractivity (Wildman–Crippen MR) is 63.8 cm³/mol. The van der Waals surface area contributed by atoms with Crippen LogP contribution in [-0.2, 0) is 16.4 Å². The molecule has 1 aromatic rings. The van der Waals surface area contributed by atoms with Crippen LogP contribution in [0.3, 0.4) is 0 Å². The number of rotatable bonds is 6. The number of hydrogen-bond donors (Lipinski definition) is 1. The van der Waals surface area contributed by atoms with Gasteiger partial charge >= 0.3 is 0 Å². The Balaban J connectivity index is 2.50. The number of halogens is 1. The van der Waals surface area contributed by atoms with Gasteiger partial charge < -0.3 is 0 Å². The van der Waals surface area contributed by atoms with Gasteiger partial charge in [0.25, 0.3) is 0 Å². The lowest BCUT2D eigenvalue weighted by atomic mass is 10.2. The van der Waals surface area contributed by atoms with E-state index in [1.54, 1.807) is 0 Å². The maximum Gasteiger partial charge on any atom is 0.208 e. The number of nitrogens with one attached hydrogen (secondary N) is 1. The van der Waals surface area contributed by atoms with E-state index < -0.39 is 10.0 Å². The van der Waals surface area contributed by atoms with Crippen LogP contribution in [0.25, 0.3) is 0 Å². The second kappa shape index (κ2) is 6.08. The van der Waals surface area contributed by atoms with Crippen LogP contribution in [0.15, 0.2) is 9.62 Å². The first kappa shape index (κ1) is 14.1. The number of aromatic nitrogens is 2. The molecule has 0 aliphatic carbocycles. The molecule has 0 saturated carbocycles. The summed E-state index contributed by atoms with van der Waals surface area (Å²) in [5, 5.41) is 7.54. The predicted octanol–water partition coefficient (Wildman–Crippen LogP) is 0.167. The molecule has 9 heteroatoms. The molecular formula is C8H13ClN4O3S. The topological polar surface area (TPSA) is 97.4 Å². The summed E-state index contributed by atoms with van der Waals surface area (Å²) < 4.78 is 28.6. The molecule has 0 saturated heterocycles. The lowest BCUT2D eigenvalue weighted by molar-refractivity contribution is 0.302. The first-order valence-electron chi connectivity index (χ1n) is 4.82. The molecule has 1 heterocycles. The number of nitrogens with zero attached hydrogens (tertiary/aromatic N) is 3. The Hall–Kier alpha value is -0.990. The Labute approximate surface area is 104 Å². The van der Waals surface area contributed by atoms with E-state index in [4.69, 9.17) is 11.6 Å². The maximum absolute atomic E-state index is 10.8. The van der Waals surface area contributed by atoms with E-state index in [1.165, 1.54) is 7.05 Å². The van der Waals surface area contributed by atoms with E-state index in [9.17, 15) is 8.42 Å². The van der Waals surface area contributed by atoms with E-state index in [2.05, 4.69) is 24.7 Å². The van der Waals surface area contributed by atoms with Crippen LogP contribution in [0, 0.1) is 0 Å². The minimum absolute atomic E-state index is 0.220. The largest absolute Gasteiger partial charge is 0.275 e. The van der Waals surface area contributed by atoms with Crippen LogP contribution in [0.4, 0.5) is 0 Å². The molecule has 0 amide bonds. The van der Waals surface area contributed by atoms with Crippen molar-refractivity contribution in [1.82, 2.24) is 15.0 Å². The maximum atomic E-state index is 10.8. The number of aryl methyl sites for hydroxylation is 1. The van der Waals surface area contributed by atoms with E-state index in [0.717, 1.165) is 6.26 Å². The third-order valence-corrected chi connectivity index (χ3v) is 2.98. The molecule has 0 spiro atoms. The molecule has 1 N–H and O–H groups in total. The standard InChI is InChI=1S/C8H13ClN4O3S/c1-10-8(9)7-6(12-16-13-7)4-3-5-11-17(2,14)15/h11H,3-5H2,1-2H3. The van der Waals surface area contributed by atoms with Crippen LogP contribution >= 0.6 is 11.6 Å². The zero-order valence-electron chi connectivity index (χ0n) is 9.47. The lowest BCUT2D eigenvalue weighted by Crippen LogP contribution is -2.23. The lowest BCUT2D eigenvalue weighted by Gasteiger charge is -2.00. The summed E-state index contributed by atoms with van der Waals surface area (Å²) in [7, 11) is -1.62. The SMILES string of the molecule is CN=C(Cl)c1nonc1CCCNS(C)(=O)=O. The molecular weight excluding hydrogens is 268 g/mol. The molecule has 0 radical (unpaired) electrons. The zero-order chi connectivity index (χ0) is 12.9. The molecule has 1 rings (SSSR count). The number of hydrogen-bond acceptors (Lipinski definition) is 6. The van der Waals surface area contributed by atoms with Crippen molar-refractivity contribution in [2.75, 3.05) is 19.8 Å². The van der Waals surface area contributed by atoms with Crippen molar-refractivity contribution >= 4 is 26.8 Å². The fourth-order valence-electron chi connectivity index (χ4n) is 1.15. The van der Waals surface area contributed by atoms with Crippen LogP contribution < -0.4 is 4.72 Å². The Kier molecular flexibility index (Phi) is 5.03. The summed E-state index contributed by atoms with van der Waals surface area (Å²) in [5.41, 5.74) is 0.962. The second-order valence-corrected chi connectivity index (χ2v) is 5.54. The molecule has 0 fully saturated rings. The first-order chi connectivity index (χ1) is 7.94. The van der Waals surface area contributed by atoms with Gasteiger partial charge in [-0.15, -0.1) is 0 Å². The zero-order valence-corrected chi connectivity index (χ0v) is 11.0. The second-order valence-electron chi connectivity index (χ2n) is 3.34. The first-order valence-corrected chi connectivity index (χ1v) is 7.09. The van der Waals surface area contributed by atoms with E-state index in [-0.39, 0.29) is 5.17 Å². The van der Waals surface area contributed by atoms with Gasteiger partial charge in [-0.2, -0.15) is 0 Å². The van der Waals surface area contributed by atoms with E-state index in [1.807, 2.05) is 0 Å². The molecule has 0 bridgehead atoms. The van der Waals surface area contributed by atoms with Gasteiger partial charge in [0.15, 0.2) is 10.9 Å². The van der Waals surface area contributed by atoms with Gasteiger partial charge in [0, 0.05) is 13.6 Å². The Morgan fingerprint density at radius 1 is 1.53 bits per heavy atom. The quantitative estimate of drug-likeness (QED) is 0.591. The van der Waals surface area contributed by atoms with Gasteiger partial charge in [0.2, 0.25) is 10.0 Å². The van der Waals surface area contributed by atoms with Crippen molar-refractivity contribution in [3.63, 3.8) is 0 Å². The summed E-state index contributed by atoms with van der Waals surface area (Å²) >= 11 is 5.80. The van der Waals surface area contributed by atoms with Gasteiger partial charge in [-0.1, -0.05) is 16.8 Å². The van der Waals surface area contributed by atoms with Crippen LogP contribution in [0.5, 0.6) is 0 Å². The molecule has 1 aromatic heterocycles. The summed E-state index contributed by atoms with van der Waals surface area (Å²) in [4.78, 5) is 3.77. The Bertz CT molecular complexity index is 497. The molecule has 7 nitrogen and oxygen atoms in total. The van der Waals surface area contributed by atoms with Crippen molar-refractivity contribution in [3.05, 3.63) is 11.4 Å². The van der Waals surface area contributed by atoms with Crippen molar-refractivity contribution < 1.29 is 13.0 Å². The van der Waals surface area contributed by atoms with Crippen LogP contribution in [-0.4, -0.2) is 43.8 Å². The summed E-state index contributed by atoms with van der Waals surface area (Å²) in [6.45, 7) is 0.325. The monoisotopic (exact) mass is 280 g/mol. The molecule has 17 heavy (non-hydrogen) atoms. The van der Waals surface area contributed by atoms with Crippen LogP contribution in [0.2, 0.25) is 0 Å². The van der Waals surface area contributed by atoms with Gasteiger partial charge in [0.05, 0.1) is 6.26 Å². The number of sulfonamides is 1. The minimum Gasteiger partial charge on any atom is -0.275 e. The van der Waals surface area contributed by atoms with Gasteiger partial charge in [-0.25, -0.2) is 17.8 Å². The average Bonchev–Trinajstić information content (AvgIpc) is 2.70. The summed E-state index contributed by atoms with van der Waals surface area (Å²) in [6, 6.07) is 0. The highest BCUT2D eigenvalue weighted by molar-refractivity contribution is 7.88. The highest BCUT2D eigenvalue weighted by Gasteiger charge is 2.13. The summed E-state index contributed by atoms with van der Waals surface area (Å²) in [6.07, 6.45) is 2.19. The summed E-state index contributed by atoms with van der Waals surface area (Å²) in [5.74, 6) is 0. The smallest absolute Gasteiger partial charge is 0.208 e. The fraction of sp³-hybridized carbons (Fsp3) is 0.625. The Morgan fingerprint density at radius 3 is 2.82 bits per heavy atom. The Morgan fingerprint density at radius 2 is 2.24 bits per heavy atom. The minimum atomic E-state index is -3.16. The third kappa shape index (κ3) is 4.80. The third-order valence-electron chi connectivity index (χ3n) is 1.90. The van der Waals surface area contributed by atoms with Gasteiger partial charge in [-0.3, -0.25) is 4.99 Å². The highest BCUT2D eigenvalue weighted by Crippen LogP contribution is 2.09. The van der Waals surface area contributed by atoms with Crippen molar-refractivity contribution in [1.29, 1.82) is 0 Å². The van der Waals surface area contributed by atoms with Gasteiger partial charge in [-0.05, 0) is 18.0 Å². The molecule has 0 atom stereocenters. The molecule has 0 aliphatic heterocycles. The van der Waals surface area contributed by atoms with E-state index >= 15 is 0 Å². The van der Waals surface area contributed by atoms with E-state index in [0.29, 0.717) is 30.8 Å². The van der Waals surface area contributed by atoms with Crippen LogP contribution in [0.1, 0.15) is 17.8 Å². The van der Waals surface area contributed by atoms with Gasteiger partial charge in [0.1, 0.15) is 5.69 Å². The molecule has 0 aromatic carbocycles. The van der Waals surface area contributed by atoms with Crippen molar-refractivity contribution in [2.45, 2.75) is 12.8 Å². The normalized spacial score (nSPS) is 13.0. The fourth-order valence-corrected chi connectivity index (χ4v) is 1.81. The highest BCUT2D eigenvalue weighted by atomic mass is 35.5. The average molecular weight is 281 g/mol.